The minimum Gasteiger partial charge on any atom is -0.303 e. The van der Waals surface area contributed by atoms with Crippen LogP contribution in [-0.2, 0) is 4.79 Å². The van der Waals surface area contributed by atoms with Gasteiger partial charge in [0.2, 0.25) is 5.91 Å². The van der Waals surface area contributed by atoms with Crippen molar-refractivity contribution in [1.82, 2.24) is 9.78 Å². The van der Waals surface area contributed by atoms with Crippen LogP contribution in [0.5, 0.6) is 0 Å². The topological polar surface area (TPSA) is 81.3 Å². The highest BCUT2D eigenvalue weighted by Gasteiger charge is 2.51. The van der Waals surface area contributed by atoms with Gasteiger partial charge in [-0.05, 0) is 79.1 Å². The summed E-state index contributed by atoms with van der Waals surface area (Å²) in [5.41, 5.74) is 7.11. The van der Waals surface area contributed by atoms with E-state index >= 15 is 0 Å². The molecule has 0 aliphatic carbocycles. The van der Waals surface area contributed by atoms with Gasteiger partial charge in [-0.2, -0.15) is 5.10 Å². The molecule has 198 valence electrons. The predicted octanol–water partition coefficient (Wildman–Crippen LogP) is 7.70. The molecule has 0 bridgehead atoms. The van der Waals surface area contributed by atoms with Gasteiger partial charge in [0.25, 0.3) is 5.69 Å². The number of halogens is 1. The molecule has 0 radical (unpaired) electrons. The Labute approximate surface area is 240 Å². The standard InChI is InChI=1S/C32H25BrN4O3/c1-20-8-15-27(18-21(20)2)36-31(23-9-13-24(33)14-10-23)29(32(36)38)28-19-35(25-6-4-3-5-7-25)34-30(28)22-11-16-26(17-12-22)37(39)40/h3-19,29,31H,1-2H3/t29-,31+/m1/s1. The van der Waals surface area contributed by atoms with Crippen molar-refractivity contribution in [2.24, 2.45) is 0 Å². The number of nitro groups is 1. The Hall–Kier alpha value is -4.56. The fraction of sp³-hybridized carbons (Fsp3) is 0.125. The Kier molecular flexibility index (Phi) is 6.56. The number of non-ortho nitro benzene ring substituents is 1. The number of hydrogen-bond acceptors (Lipinski definition) is 4. The molecule has 8 heteroatoms. The average Bonchev–Trinajstić information content (AvgIpc) is 3.39. The SMILES string of the molecule is Cc1ccc(N2C(=O)[C@H](c3cn(-c4ccccc4)nc3-c3ccc([N+](=O)[O-])cc3)[C@@H]2c2ccc(Br)cc2)cc1C. The van der Waals surface area contributed by atoms with E-state index in [0.29, 0.717) is 11.3 Å². The maximum Gasteiger partial charge on any atom is 0.269 e. The number of aromatic nitrogens is 2. The zero-order valence-electron chi connectivity index (χ0n) is 21.9. The third-order valence-corrected chi connectivity index (χ3v) is 8.06. The highest BCUT2D eigenvalue weighted by Crippen LogP contribution is 2.51. The first-order valence-electron chi connectivity index (χ1n) is 12.9. The van der Waals surface area contributed by atoms with Crippen LogP contribution >= 0.6 is 15.9 Å². The van der Waals surface area contributed by atoms with E-state index in [4.69, 9.17) is 5.10 Å². The molecule has 0 spiro atoms. The van der Waals surface area contributed by atoms with Crippen LogP contribution in [0.1, 0.15) is 34.2 Å². The number of rotatable bonds is 6. The monoisotopic (exact) mass is 592 g/mol. The van der Waals surface area contributed by atoms with Crippen LogP contribution in [0.2, 0.25) is 0 Å². The summed E-state index contributed by atoms with van der Waals surface area (Å²) in [7, 11) is 0. The van der Waals surface area contributed by atoms with Crippen LogP contribution in [0.4, 0.5) is 11.4 Å². The van der Waals surface area contributed by atoms with Gasteiger partial charge >= 0.3 is 0 Å². The summed E-state index contributed by atoms with van der Waals surface area (Å²) < 4.78 is 2.73. The third kappa shape index (κ3) is 4.50. The number of aryl methyl sites for hydroxylation is 2. The van der Waals surface area contributed by atoms with Crippen molar-refractivity contribution in [3.63, 3.8) is 0 Å². The molecule has 1 aliphatic rings. The van der Waals surface area contributed by atoms with E-state index in [2.05, 4.69) is 28.9 Å². The van der Waals surface area contributed by atoms with E-state index in [1.165, 1.54) is 12.1 Å². The molecule has 1 aromatic heterocycles. The molecule has 7 nitrogen and oxygen atoms in total. The maximum atomic E-state index is 14.1. The largest absolute Gasteiger partial charge is 0.303 e. The van der Waals surface area contributed by atoms with Crippen molar-refractivity contribution < 1.29 is 9.72 Å². The fourth-order valence-electron chi connectivity index (χ4n) is 5.25. The number of β-lactam (4-membered cyclic amide) rings is 1. The third-order valence-electron chi connectivity index (χ3n) is 7.53. The first-order chi connectivity index (χ1) is 19.3. The van der Waals surface area contributed by atoms with E-state index in [1.54, 1.807) is 16.8 Å². The lowest BCUT2D eigenvalue weighted by atomic mass is 9.76. The van der Waals surface area contributed by atoms with E-state index in [-0.39, 0.29) is 17.6 Å². The lowest BCUT2D eigenvalue weighted by Crippen LogP contribution is -2.53. The Morgan fingerprint density at radius 1 is 0.850 bits per heavy atom. The second-order valence-corrected chi connectivity index (χ2v) is 10.9. The van der Waals surface area contributed by atoms with Gasteiger partial charge in [-0.3, -0.25) is 14.9 Å². The zero-order valence-corrected chi connectivity index (χ0v) is 23.4. The van der Waals surface area contributed by atoms with Crippen molar-refractivity contribution in [2.75, 3.05) is 4.90 Å². The molecule has 1 aliphatic heterocycles. The van der Waals surface area contributed by atoms with E-state index < -0.39 is 10.8 Å². The number of anilines is 1. The van der Waals surface area contributed by atoms with Gasteiger partial charge in [0, 0.05) is 39.6 Å². The minimum atomic E-state index is -0.495. The van der Waals surface area contributed by atoms with Gasteiger partial charge in [0.15, 0.2) is 0 Å². The number of para-hydroxylation sites is 1. The molecule has 5 aromatic rings. The maximum absolute atomic E-state index is 14.1. The molecule has 0 N–H and O–H groups in total. The van der Waals surface area contributed by atoms with E-state index in [0.717, 1.165) is 38.1 Å². The normalized spacial score (nSPS) is 16.6. The molecule has 1 saturated heterocycles. The van der Waals surface area contributed by atoms with Crippen LogP contribution in [0, 0.1) is 24.0 Å². The van der Waals surface area contributed by atoms with Gasteiger partial charge in [0.1, 0.15) is 0 Å². The number of benzene rings is 4. The lowest BCUT2D eigenvalue weighted by molar-refractivity contribution is -0.384. The molecule has 6 rings (SSSR count). The molecule has 4 aromatic carbocycles. The molecular weight excluding hydrogens is 568 g/mol. The smallest absolute Gasteiger partial charge is 0.269 e. The number of carbonyl (C=O) groups is 1. The number of amides is 1. The van der Waals surface area contributed by atoms with Crippen LogP contribution in [0.15, 0.2) is 108 Å². The van der Waals surface area contributed by atoms with Gasteiger partial charge in [-0.25, -0.2) is 4.68 Å². The summed E-state index contributed by atoms with van der Waals surface area (Å²) in [5, 5.41) is 16.2. The number of nitrogens with zero attached hydrogens (tertiary/aromatic N) is 4. The van der Waals surface area contributed by atoms with Crippen LogP contribution in [-0.4, -0.2) is 20.6 Å². The van der Waals surface area contributed by atoms with Crippen LogP contribution < -0.4 is 4.90 Å². The highest BCUT2D eigenvalue weighted by molar-refractivity contribution is 9.10. The van der Waals surface area contributed by atoms with Gasteiger partial charge < -0.3 is 4.90 Å². The summed E-state index contributed by atoms with van der Waals surface area (Å²) in [4.78, 5) is 26.8. The summed E-state index contributed by atoms with van der Waals surface area (Å²) in [6, 6.07) is 29.9. The summed E-state index contributed by atoms with van der Waals surface area (Å²) >= 11 is 3.53. The van der Waals surface area contributed by atoms with E-state index in [9.17, 15) is 14.9 Å². The molecular formula is C32H25BrN4O3. The Morgan fingerprint density at radius 2 is 1.55 bits per heavy atom. The van der Waals surface area contributed by atoms with Gasteiger partial charge in [-0.1, -0.05) is 52.3 Å². The number of carbonyl (C=O) groups excluding carboxylic acids is 1. The zero-order chi connectivity index (χ0) is 28.0. The molecule has 0 unspecified atom stereocenters. The Bertz CT molecular complexity index is 1730. The summed E-state index contributed by atoms with van der Waals surface area (Å²) in [6.07, 6.45) is 1.91. The lowest BCUT2D eigenvalue weighted by Gasteiger charge is -2.47. The van der Waals surface area contributed by atoms with Crippen LogP contribution in [0.25, 0.3) is 16.9 Å². The first kappa shape index (κ1) is 25.7. The minimum absolute atomic E-state index is 0.00108. The number of nitro benzene ring substituents is 1. The fourth-order valence-corrected chi connectivity index (χ4v) is 5.51. The first-order valence-corrected chi connectivity index (χ1v) is 13.7. The van der Waals surface area contributed by atoms with Crippen molar-refractivity contribution >= 4 is 33.2 Å². The van der Waals surface area contributed by atoms with Gasteiger partial charge in [0.05, 0.1) is 28.3 Å². The Balaban J connectivity index is 1.51. The molecule has 1 fully saturated rings. The van der Waals surface area contributed by atoms with Crippen molar-refractivity contribution in [2.45, 2.75) is 25.8 Å². The average molecular weight is 593 g/mol. The summed E-state index contributed by atoms with van der Waals surface area (Å²) in [5.74, 6) is -0.516. The molecule has 1 amide bonds. The molecule has 40 heavy (non-hydrogen) atoms. The van der Waals surface area contributed by atoms with Gasteiger partial charge in [-0.15, -0.1) is 0 Å². The predicted molar refractivity (Wildman–Crippen MR) is 159 cm³/mol. The van der Waals surface area contributed by atoms with Crippen LogP contribution in [0.3, 0.4) is 0 Å². The second kappa shape index (κ2) is 10.2. The van der Waals surface area contributed by atoms with Crippen molar-refractivity contribution in [3.8, 4) is 16.9 Å². The molecule has 2 atom stereocenters. The van der Waals surface area contributed by atoms with E-state index in [1.807, 2.05) is 84.8 Å². The Morgan fingerprint density at radius 3 is 2.20 bits per heavy atom. The second-order valence-electron chi connectivity index (χ2n) is 9.97. The highest BCUT2D eigenvalue weighted by atomic mass is 79.9. The number of hydrogen-bond donors (Lipinski definition) is 0. The molecule has 2 heterocycles. The van der Waals surface area contributed by atoms with Crippen molar-refractivity contribution in [3.05, 3.63) is 140 Å². The summed E-state index contributed by atoms with van der Waals surface area (Å²) in [6.45, 7) is 4.10. The quantitative estimate of drug-likeness (QED) is 0.115. The molecule has 0 saturated carbocycles. The van der Waals surface area contributed by atoms with Crippen molar-refractivity contribution in [1.29, 1.82) is 0 Å².